The van der Waals surface area contributed by atoms with Crippen LogP contribution in [0.2, 0.25) is 0 Å². The maximum absolute atomic E-state index is 12.6. The van der Waals surface area contributed by atoms with Crippen molar-refractivity contribution in [1.82, 2.24) is 4.98 Å². The Kier molecular flexibility index (Phi) is 5.60. The zero-order valence-electron chi connectivity index (χ0n) is 14.1. The van der Waals surface area contributed by atoms with Crippen molar-refractivity contribution in [2.24, 2.45) is 0 Å². The third kappa shape index (κ3) is 4.25. The van der Waals surface area contributed by atoms with Crippen molar-refractivity contribution in [3.05, 3.63) is 71.2 Å². The van der Waals surface area contributed by atoms with E-state index in [1.807, 2.05) is 6.92 Å². The summed E-state index contributed by atoms with van der Waals surface area (Å²) in [6.45, 7) is 2.40. The molecule has 7 heteroatoms. The predicted octanol–water partition coefficient (Wildman–Crippen LogP) is 4.05. The minimum absolute atomic E-state index is 0.318. The van der Waals surface area contributed by atoms with Gasteiger partial charge in [0.05, 0.1) is 17.9 Å². The van der Waals surface area contributed by atoms with Gasteiger partial charge in [-0.3, -0.25) is 14.9 Å². The largest absolute Gasteiger partial charge is 0.494 e. The van der Waals surface area contributed by atoms with E-state index in [9.17, 15) is 9.59 Å². The van der Waals surface area contributed by atoms with E-state index in [4.69, 9.17) is 4.74 Å². The third-order valence-corrected chi connectivity index (χ3v) is 4.17. The molecule has 0 unspecified atom stereocenters. The fourth-order valence-corrected chi connectivity index (χ4v) is 2.85. The lowest BCUT2D eigenvalue weighted by molar-refractivity contribution is 0.102. The Bertz CT molecular complexity index is 910. The van der Waals surface area contributed by atoms with Crippen LogP contribution in [0.15, 0.2) is 60.1 Å². The number of aromatic nitrogens is 1. The number of amides is 2. The number of nitrogens with one attached hydrogen (secondary N) is 2. The van der Waals surface area contributed by atoms with Crippen LogP contribution in [0.25, 0.3) is 0 Å². The molecule has 3 rings (SSSR count). The normalized spacial score (nSPS) is 10.2. The molecule has 0 atom stereocenters. The van der Waals surface area contributed by atoms with Gasteiger partial charge in [-0.2, -0.15) is 0 Å². The molecule has 0 spiro atoms. The first-order valence-electron chi connectivity index (χ1n) is 8.01. The van der Waals surface area contributed by atoms with E-state index in [1.165, 1.54) is 11.3 Å². The van der Waals surface area contributed by atoms with E-state index in [-0.39, 0.29) is 11.8 Å². The summed E-state index contributed by atoms with van der Waals surface area (Å²) >= 11 is 1.32. The first-order chi connectivity index (χ1) is 12.7. The average molecular weight is 367 g/mol. The molecule has 132 valence electrons. The van der Waals surface area contributed by atoms with Gasteiger partial charge in [-0.05, 0) is 37.3 Å². The summed E-state index contributed by atoms with van der Waals surface area (Å²) in [6.07, 6.45) is 1.61. The topological polar surface area (TPSA) is 80.3 Å². The van der Waals surface area contributed by atoms with Gasteiger partial charge in [0.1, 0.15) is 5.75 Å². The smallest absolute Gasteiger partial charge is 0.259 e. The third-order valence-electron chi connectivity index (χ3n) is 3.48. The summed E-state index contributed by atoms with van der Waals surface area (Å²) in [5.41, 5.74) is 1.23. The van der Waals surface area contributed by atoms with Crippen LogP contribution in [0.5, 0.6) is 5.75 Å². The fourth-order valence-electron chi connectivity index (χ4n) is 2.33. The van der Waals surface area contributed by atoms with E-state index >= 15 is 0 Å². The Morgan fingerprint density at radius 2 is 1.92 bits per heavy atom. The molecule has 0 aliphatic carbocycles. The van der Waals surface area contributed by atoms with Gasteiger partial charge in [-0.25, -0.2) is 4.98 Å². The van der Waals surface area contributed by atoms with Crippen LogP contribution in [0, 0.1) is 0 Å². The minimum atomic E-state index is -0.334. The number of anilines is 2. The predicted molar refractivity (Wildman–Crippen MR) is 102 cm³/mol. The van der Waals surface area contributed by atoms with Gasteiger partial charge in [-0.1, -0.05) is 18.2 Å². The lowest BCUT2D eigenvalue weighted by Gasteiger charge is -2.11. The van der Waals surface area contributed by atoms with Crippen molar-refractivity contribution in [1.29, 1.82) is 0 Å². The second-order valence-electron chi connectivity index (χ2n) is 5.25. The number of hydrogen-bond donors (Lipinski definition) is 2. The Morgan fingerprint density at radius 3 is 2.69 bits per heavy atom. The summed E-state index contributed by atoms with van der Waals surface area (Å²) in [4.78, 5) is 29.1. The molecular weight excluding hydrogens is 350 g/mol. The van der Waals surface area contributed by atoms with Gasteiger partial charge in [0, 0.05) is 17.1 Å². The number of carbonyl (C=O) groups is 2. The van der Waals surface area contributed by atoms with E-state index in [0.717, 1.165) is 0 Å². The lowest BCUT2D eigenvalue weighted by atomic mass is 10.1. The van der Waals surface area contributed by atoms with Gasteiger partial charge in [-0.15, -0.1) is 11.3 Å². The molecule has 6 nitrogen and oxygen atoms in total. The molecule has 3 aromatic rings. The SMILES string of the molecule is CCOc1cccc(C(=O)Nc2ccccc2C(=O)Nc2nccs2)c1. The highest BCUT2D eigenvalue weighted by Crippen LogP contribution is 2.20. The van der Waals surface area contributed by atoms with Gasteiger partial charge >= 0.3 is 0 Å². The number of carbonyl (C=O) groups excluding carboxylic acids is 2. The summed E-state index contributed by atoms with van der Waals surface area (Å²) in [6, 6.07) is 13.7. The van der Waals surface area contributed by atoms with E-state index in [2.05, 4.69) is 15.6 Å². The molecule has 0 aliphatic rings. The van der Waals surface area contributed by atoms with Crippen LogP contribution in [-0.4, -0.2) is 23.4 Å². The Labute approximate surface area is 154 Å². The molecule has 0 fully saturated rings. The van der Waals surface area contributed by atoms with Crippen molar-refractivity contribution in [3.8, 4) is 5.75 Å². The first-order valence-corrected chi connectivity index (χ1v) is 8.89. The molecule has 26 heavy (non-hydrogen) atoms. The van der Waals surface area contributed by atoms with E-state index in [0.29, 0.717) is 34.3 Å². The second kappa shape index (κ2) is 8.26. The molecule has 0 aliphatic heterocycles. The highest BCUT2D eigenvalue weighted by Gasteiger charge is 2.15. The van der Waals surface area contributed by atoms with E-state index in [1.54, 1.807) is 60.1 Å². The number of ether oxygens (including phenoxy) is 1. The lowest BCUT2D eigenvalue weighted by Crippen LogP contribution is -2.18. The van der Waals surface area contributed by atoms with Gasteiger partial charge in [0.25, 0.3) is 11.8 Å². The zero-order chi connectivity index (χ0) is 18.4. The molecule has 2 amide bonds. The van der Waals surface area contributed by atoms with Crippen LogP contribution >= 0.6 is 11.3 Å². The molecule has 2 aromatic carbocycles. The maximum atomic E-state index is 12.6. The molecule has 1 heterocycles. The number of para-hydroxylation sites is 1. The summed E-state index contributed by atoms with van der Waals surface area (Å²) in [5, 5.41) is 7.77. The number of rotatable bonds is 6. The van der Waals surface area contributed by atoms with E-state index < -0.39 is 0 Å². The Hall–Kier alpha value is -3.19. The van der Waals surface area contributed by atoms with Gasteiger partial charge in [0.15, 0.2) is 5.13 Å². The highest BCUT2D eigenvalue weighted by molar-refractivity contribution is 7.13. The highest BCUT2D eigenvalue weighted by atomic mass is 32.1. The molecular formula is C19H17N3O3S. The van der Waals surface area contributed by atoms with Gasteiger partial charge in [0.2, 0.25) is 0 Å². The summed E-state index contributed by atoms with van der Waals surface area (Å²) in [7, 11) is 0. The van der Waals surface area contributed by atoms with Crippen LogP contribution in [0.4, 0.5) is 10.8 Å². The van der Waals surface area contributed by atoms with Crippen LogP contribution in [0.3, 0.4) is 0 Å². The molecule has 0 saturated heterocycles. The van der Waals surface area contributed by atoms with Crippen LogP contribution < -0.4 is 15.4 Å². The number of hydrogen-bond acceptors (Lipinski definition) is 5. The summed E-state index contributed by atoms with van der Waals surface area (Å²) in [5.74, 6) is -0.0325. The van der Waals surface area contributed by atoms with Crippen molar-refractivity contribution in [2.75, 3.05) is 17.2 Å². The Balaban J connectivity index is 1.78. The molecule has 0 radical (unpaired) electrons. The van der Waals surface area contributed by atoms with Crippen molar-refractivity contribution < 1.29 is 14.3 Å². The fraction of sp³-hybridized carbons (Fsp3) is 0.105. The average Bonchev–Trinajstić information content (AvgIpc) is 3.15. The van der Waals surface area contributed by atoms with Crippen molar-refractivity contribution in [3.63, 3.8) is 0 Å². The van der Waals surface area contributed by atoms with Crippen molar-refractivity contribution in [2.45, 2.75) is 6.92 Å². The quantitative estimate of drug-likeness (QED) is 0.689. The molecule has 2 N–H and O–H groups in total. The van der Waals surface area contributed by atoms with Gasteiger partial charge < -0.3 is 10.1 Å². The number of nitrogens with zero attached hydrogens (tertiary/aromatic N) is 1. The maximum Gasteiger partial charge on any atom is 0.259 e. The number of benzene rings is 2. The van der Waals surface area contributed by atoms with Crippen LogP contribution in [-0.2, 0) is 0 Å². The number of thiazole rings is 1. The first kappa shape index (κ1) is 17.6. The van der Waals surface area contributed by atoms with Crippen molar-refractivity contribution >= 4 is 34.0 Å². The monoisotopic (exact) mass is 367 g/mol. The second-order valence-corrected chi connectivity index (χ2v) is 6.15. The van der Waals surface area contributed by atoms with Crippen LogP contribution in [0.1, 0.15) is 27.6 Å². The molecule has 1 aromatic heterocycles. The summed E-state index contributed by atoms with van der Waals surface area (Å²) < 4.78 is 5.42. The molecule has 0 bridgehead atoms. The minimum Gasteiger partial charge on any atom is -0.494 e. The molecule has 0 saturated carbocycles. The standard InChI is InChI=1S/C19H17N3O3S/c1-2-25-14-7-5-6-13(12-14)17(23)21-16-9-4-3-8-15(16)18(24)22-19-20-10-11-26-19/h3-12H,2H2,1H3,(H,21,23)(H,20,22,24). The zero-order valence-corrected chi connectivity index (χ0v) is 14.9. The Morgan fingerprint density at radius 1 is 1.08 bits per heavy atom.